The van der Waals surface area contributed by atoms with E-state index in [-0.39, 0.29) is 18.9 Å². The number of pyridine rings is 1. The average molecular weight is 525 g/mol. The monoisotopic (exact) mass is 524 g/mol. The summed E-state index contributed by atoms with van der Waals surface area (Å²) >= 11 is 0. The van der Waals surface area contributed by atoms with Gasteiger partial charge in [0.1, 0.15) is 5.75 Å². The van der Waals surface area contributed by atoms with Gasteiger partial charge in [0.05, 0.1) is 7.98 Å². The molecule has 1 unspecified atom stereocenters. The van der Waals surface area contributed by atoms with Crippen molar-refractivity contribution in [3.63, 3.8) is 0 Å². The standard InChI is InChI=1S/C32H33N3O4/c36-31(34-38)13-5-2-8-22-39-30-12-7-6-11-29(30)24-35(23-25-9-3-1-4-10-25)32(37)28-16-14-26(15-17-28)27-18-20-33-21-19-27/h1,3-4,6-7,9-12,14-21,38H,2,5,8,13,22-24H2,(H,34,36)/i23D. The molecule has 0 aliphatic heterocycles. The number of carbonyl (C=O) groups excluding carboxylic acids is 2. The first-order valence-electron chi connectivity index (χ1n) is 13.6. The third-order valence-corrected chi connectivity index (χ3v) is 6.25. The lowest BCUT2D eigenvalue weighted by atomic mass is 10.0. The minimum Gasteiger partial charge on any atom is -0.493 e. The number of rotatable bonds is 13. The van der Waals surface area contributed by atoms with Crippen LogP contribution in [0.4, 0.5) is 0 Å². The van der Waals surface area contributed by atoms with Crippen LogP contribution in [0, 0.1) is 0 Å². The molecule has 4 rings (SSSR count). The Labute approximate surface area is 230 Å². The van der Waals surface area contributed by atoms with Crippen LogP contribution < -0.4 is 10.2 Å². The largest absolute Gasteiger partial charge is 0.493 e. The summed E-state index contributed by atoms with van der Waals surface area (Å²) in [5.41, 5.74) is 5.64. The van der Waals surface area contributed by atoms with E-state index in [1.807, 2.05) is 78.9 Å². The number of para-hydroxylation sites is 1. The zero-order chi connectivity index (χ0) is 28.2. The number of unbranched alkanes of at least 4 members (excludes halogenated alkanes) is 2. The molecule has 1 heterocycles. The molecule has 0 saturated carbocycles. The summed E-state index contributed by atoms with van der Waals surface area (Å²) in [6, 6.07) is 28.1. The first-order valence-corrected chi connectivity index (χ1v) is 13.0. The third kappa shape index (κ3) is 8.25. The zero-order valence-corrected chi connectivity index (χ0v) is 21.7. The summed E-state index contributed by atoms with van der Waals surface area (Å²) < 4.78 is 15.1. The summed E-state index contributed by atoms with van der Waals surface area (Å²) in [4.78, 5) is 30.6. The third-order valence-electron chi connectivity index (χ3n) is 6.25. The van der Waals surface area contributed by atoms with Crippen LogP contribution in [0.25, 0.3) is 11.1 Å². The Balaban J connectivity index is 1.51. The normalized spacial score (nSPS) is 11.8. The molecule has 0 radical (unpaired) electrons. The fourth-order valence-corrected chi connectivity index (χ4v) is 4.17. The molecule has 1 atom stereocenters. The molecule has 7 heteroatoms. The molecule has 0 spiro atoms. The van der Waals surface area contributed by atoms with E-state index in [1.165, 1.54) is 0 Å². The van der Waals surface area contributed by atoms with Gasteiger partial charge < -0.3 is 9.64 Å². The Kier molecular flexibility index (Phi) is 9.68. The Morgan fingerprint density at radius 1 is 0.846 bits per heavy atom. The maximum atomic E-state index is 13.8. The number of hydrogen-bond donors (Lipinski definition) is 2. The van der Waals surface area contributed by atoms with Crippen LogP contribution in [0.3, 0.4) is 0 Å². The van der Waals surface area contributed by atoms with Crippen molar-refractivity contribution in [2.75, 3.05) is 6.61 Å². The minimum absolute atomic E-state index is 0.195. The van der Waals surface area contributed by atoms with Crippen molar-refractivity contribution in [2.24, 2.45) is 0 Å². The summed E-state index contributed by atoms with van der Waals surface area (Å²) in [6.45, 7) is -0.272. The van der Waals surface area contributed by atoms with Crippen LogP contribution in [0.1, 0.15) is 48.5 Å². The van der Waals surface area contributed by atoms with Crippen LogP contribution in [0.15, 0.2) is 103 Å². The van der Waals surface area contributed by atoms with Gasteiger partial charge in [0.15, 0.2) is 0 Å². The molecular weight excluding hydrogens is 490 g/mol. The van der Waals surface area contributed by atoms with Crippen LogP contribution in [0.2, 0.25) is 0 Å². The number of nitrogens with one attached hydrogen (secondary N) is 1. The van der Waals surface area contributed by atoms with Gasteiger partial charge in [-0.2, -0.15) is 0 Å². The molecule has 0 aliphatic carbocycles. The molecule has 7 nitrogen and oxygen atoms in total. The van der Waals surface area contributed by atoms with E-state index in [0.717, 1.165) is 35.1 Å². The highest BCUT2D eigenvalue weighted by Crippen LogP contribution is 2.24. The predicted molar refractivity (Wildman–Crippen MR) is 150 cm³/mol. The van der Waals surface area contributed by atoms with Gasteiger partial charge in [0, 0.05) is 43.0 Å². The fourth-order valence-electron chi connectivity index (χ4n) is 4.17. The smallest absolute Gasteiger partial charge is 0.254 e. The molecule has 0 fully saturated rings. The lowest BCUT2D eigenvalue weighted by Gasteiger charge is -2.24. The summed E-state index contributed by atoms with van der Waals surface area (Å²) in [6.07, 6.45) is 5.89. The van der Waals surface area contributed by atoms with Crippen molar-refractivity contribution in [3.05, 3.63) is 120 Å². The summed E-state index contributed by atoms with van der Waals surface area (Å²) in [7, 11) is 0. The molecule has 39 heavy (non-hydrogen) atoms. The van der Waals surface area contributed by atoms with E-state index in [2.05, 4.69) is 4.98 Å². The highest BCUT2D eigenvalue weighted by Gasteiger charge is 2.19. The van der Waals surface area contributed by atoms with Gasteiger partial charge >= 0.3 is 0 Å². The number of ether oxygens (including phenoxy) is 1. The molecule has 1 aromatic heterocycles. The first kappa shape index (κ1) is 26.1. The number of benzene rings is 3. The van der Waals surface area contributed by atoms with Gasteiger partial charge in [0.25, 0.3) is 5.91 Å². The zero-order valence-electron chi connectivity index (χ0n) is 22.7. The van der Waals surface area contributed by atoms with Crippen molar-refractivity contribution in [2.45, 2.75) is 38.7 Å². The molecular formula is C32H33N3O4. The summed E-state index contributed by atoms with van der Waals surface area (Å²) in [5.74, 6) is 0.00943. The maximum absolute atomic E-state index is 13.8. The Bertz CT molecular complexity index is 1370. The fraction of sp³-hybridized carbons (Fsp3) is 0.219. The average Bonchev–Trinajstić information content (AvgIpc) is 3.02. The Morgan fingerprint density at radius 2 is 1.54 bits per heavy atom. The lowest BCUT2D eigenvalue weighted by molar-refractivity contribution is -0.129. The molecule has 3 aromatic carbocycles. The van der Waals surface area contributed by atoms with Gasteiger partial charge in [0.2, 0.25) is 5.91 Å². The van der Waals surface area contributed by atoms with E-state index in [9.17, 15) is 9.59 Å². The van der Waals surface area contributed by atoms with Crippen LogP contribution in [-0.4, -0.2) is 33.5 Å². The second-order valence-corrected chi connectivity index (χ2v) is 9.09. The van der Waals surface area contributed by atoms with Gasteiger partial charge in [-0.05, 0) is 66.3 Å². The second-order valence-electron chi connectivity index (χ2n) is 9.09. The number of nitrogens with zero attached hydrogens (tertiary/aromatic N) is 2. The Hall–Kier alpha value is -4.49. The number of amides is 2. The van der Waals surface area contributed by atoms with E-state index in [4.69, 9.17) is 11.3 Å². The quantitative estimate of drug-likeness (QED) is 0.126. The highest BCUT2D eigenvalue weighted by molar-refractivity contribution is 5.94. The Morgan fingerprint density at radius 3 is 2.28 bits per heavy atom. The molecule has 0 bridgehead atoms. The number of carbonyl (C=O) groups is 2. The lowest BCUT2D eigenvalue weighted by Crippen LogP contribution is -2.30. The number of hydroxylamine groups is 1. The van der Waals surface area contributed by atoms with Gasteiger partial charge in [-0.3, -0.25) is 19.8 Å². The molecule has 0 saturated heterocycles. The maximum Gasteiger partial charge on any atom is 0.254 e. The van der Waals surface area contributed by atoms with E-state index < -0.39 is 12.4 Å². The first-order chi connectivity index (χ1) is 19.6. The van der Waals surface area contributed by atoms with E-state index >= 15 is 0 Å². The van der Waals surface area contributed by atoms with E-state index in [1.54, 1.807) is 34.9 Å². The molecule has 4 aromatic rings. The van der Waals surface area contributed by atoms with Crippen molar-refractivity contribution in [1.29, 1.82) is 0 Å². The van der Waals surface area contributed by atoms with Crippen LogP contribution >= 0.6 is 0 Å². The van der Waals surface area contributed by atoms with E-state index in [0.29, 0.717) is 24.3 Å². The van der Waals surface area contributed by atoms with Crippen molar-refractivity contribution < 1.29 is 20.9 Å². The predicted octanol–water partition coefficient (Wildman–Crippen LogP) is 6.04. The van der Waals surface area contributed by atoms with Crippen molar-refractivity contribution in [3.8, 4) is 16.9 Å². The van der Waals surface area contributed by atoms with Crippen molar-refractivity contribution in [1.82, 2.24) is 15.4 Å². The minimum atomic E-state index is -0.917. The van der Waals surface area contributed by atoms with Gasteiger partial charge in [-0.15, -0.1) is 0 Å². The second kappa shape index (κ2) is 14.4. The van der Waals surface area contributed by atoms with Gasteiger partial charge in [-0.1, -0.05) is 60.7 Å². The summed E-state index contributed by atoms with van der Waals surface area (Å²) in [5, 5.41) is 8.60. The molecule has 2 amide bonds. The molecule has 200 valence electrons. The number of aromatic nitrogens is 1. The van der Waals surface area contributed by atoms with Crippen LogP contribution in [-0.2, 0) is 17.9 Å². The molecule has 2 N–H and O–H groups in total. The topological polar surface area (TPSA) is 91.8 Å². The number of hydrogen-bond acceptors (Lipinski definition) is 5. The SMILES string of the molecule is [2H]C(c1ccccc1)N(Cc1ccccc1OCCCCCC(=O)NO)C(=O)c1ccc(-c2ccncc2)cc1. The van der Waals surface area contributed by atoms with Crippen molar-refractivity contribution >= 4 is 11.8 Å². The highest BCUT2D eigenvalue weighted by atomic mass is 16.5. The molecule has 0 aliphatic rings. The van der Waals surface area contributed by atoms with Gasteiger partial charge in [-0.25, -0.2) is 5.48 Å². The van der Waals surface area contributed by atoms with Crippen LogP contribution in [0.5, 0.6) is 5.75 Å².